The summed E-state index contributed by atoms with van der Waals surface area (Å²) in [5, 5.41) is 6.08. The molecule has 6 heteroatoms. The van der Waals surface area contributed by atoms with Crippen molar-refractivity contribution in [3.05, 3.63) is 11.8 Å². The topological polar surface area (TPSA) is 92.9 Å². The fourth-order valence-corrected chi connectivity index (χ4v) is 2.17. The Hall–Kier alpha value is -2.29. The van der Waals surface area contributed by atoms with E-state index in [9.17, 15) is 4.79 Å². The van der Waals surface area contributed by atoms with Crippen molar-refractivity contribution in [3.63, 3.8) is 0 Å². The van der Waals surface area contributed by atoms with Crippen molar-refractivity contribution in [1.29, 1.82) is 0 Å². The molecule has 104 valence electrons. The molecule has 0 saturated heterocycles. The Balaban J connectivity index is 1.66. The Bertz CT molecular complexity index is 567. The van der Waals surface area contributed by atoms with Gasteiger partial charge in [0.1, 0.15) is 5.82 Å². The van der Waals surface area contributed by atoms with Crippen LogP contribution in [0.4, 0.5) is 11.8 Å². The fraction of sp³-hybridized carbons (Fsp3) is 0.500. The summed E-state index contributed by atoms with van der Waals surface area (Å²) in [4.78, 5) is 18.5. The van der Waals surface area contributed by atoms with Crippen LogP contribution in [-0.2, 0) is 4.79 Å². The normalized spacial score (nSPS) is 24.0. The van der Waals surface area contributed by atoms with E-state index in [1.807, 2.05) is 0 Å². The molecule has 4 N–H and O–H groups in total. The molecule has 1 amide bonds. The van der Waals surface area contributed by atoms with Crippen LogP contribution in [0.15, 0.2) is 6.20 Å². The van der Waals surface area contributed by atoms with E-state index in [1.165, 1.54) is 12.8 Å². The molecule has 0 bridgehead atoms. The molecule has 1 heterocycles. The average molecular weight is 271 g/mol. The first-order chi connectivity index (χ1) is 9.74. The van der Waals surface area contributed by atoms with Gasteiger partial charge in [-0.25, -0.2) is 4.98 Å². The zero-order chi connectivity index (χ0) is 13.9. The maximum absolute atomic E-state index is 10.3. The lowest BCUT2D eigenvalue weighted by molar-refractivity contribution is -0.110. The Morgan fingerprint density at radius 3 is 2.85 bits per heavy atom. The summed E-state index contributed by atoms with van der Waals surface area (Å²) in [6.07, 6.45) is 6.57. The third-order valence-corrected chi connectivity index (χ3v) is 3.58. The molecule has 0 radical (unpaired) electrons. The molecule has 2 saturated carbocycles. The van der Waals surface area contributed by atoms with Gasteiger partial charge in [0.05, 0.1) is 11.8 Å². The third kappa shape index (κ3) is 2.99. The molecule has 0 spiro atoms. The lowest BCUT2D eigenvalue weighted by atomic mass is 9.81. The first kappa shape index (κ1) is 12.7. The van der Waals surface area contributed by atoms with Gasteiger partial charge in [-0.05, 0) is 25.7 Å². The predicted octanol–water partition coefficient (Wildman–Crippen LogP) is 0.509. The van der Waals surface area contributed by atoms with E-state index in [0.717, 1.165) is 30.6 Å². The zero-order valence-electron chi connectivity index (χ0n) is 11.1. The number of nitrogens with two attached hydrogens (primary N) is 1. The highest BCUT2D eigenvalue weighted by Gasteiger charge is 2.27. The van der Waals surface area contributed by atoms with Crippen LogP contribution < -0.4 is 16.4 Å². The molecular formula is C14H17N5O. The summed E-state index contributed by atoms with van der Waals surface area (Å²) < 4.78 is 0. The maximum atomic E-state index is 10.3. The average Bonchev–Trinajstić information content (AvgIpc) is 3.18. The Morgan fingerprint density at radius 1 is 1.35 bits per heavy atom. The smallest absolute Gasteiger partial charge is 0.222 e. The minimum atomic E-state index is 0.262. The minimum Gasteiger partial charge on any atom is -0.368 e. The summed E-state index contributed by atoms with van der Waals surface area (Å²) in [7, 11) is 0. The number of anilines is 2. The summed E-state index contributed by atoms with van der Waals surface area (Å²) >= 11 is 0. The van der Waals surface area contributed by atoms with Crippen molar-refractivity contribution in [2.24, 2.45) is 5.92 Å². The van der Waals surface area contributed by atoms with Crippen LogP contribution in [0.5, 0.6) is 0 Å². The van der Waals surface area contributed by atoms with Crippen LogP contribution >= 0.6 is 0 Å². The summed E-state index contributed by atoms with van der Waals surface area (Å²) in [6, 6.07) is 0.772. The SMILES string of the molecule is Nc1ncc(C#CC2CC(NC=O)C2)c(NC2CC2)n1. The number of nitrogens with zero attached hydrogens (tertiary/aromatic N) is 2. The molecule has 0 atom stereocenters. The zero-order valence-corrected chi connectivity index (χ0v) is 11.1. The lowest BCUT2D eigenvalue weighted by Gasteiger charge is -2.30. The molecular weight excluding hydrogens is 254 g/mol. The molecule has 0 unspecified atom stereocenters. The highest BCUT2D eigenvalue weighted by atomic mass is 16.1. The van der Waals surface area contributed by atoms with Crippen LogP contribution in [0.25, 0.3) is 0 Å². The number of amides is 1. The Labute approximate surface area is 117 Å². The second kappa shape index (κ2) is 5.37. The number of rotatable bonds is 4. The molecule has 0 aromatic carbocycles. The quantitative estimate of drug-likeness (QED) is 0.548. The van der Waals surface area contributed by atoms with Gasteiger partial charge in [0.25, 0.3) is 0 Å². The van der Waals surface area contributed by atoms with Crippen molar-refractivity contribution in [3.8, 4) is 11.8 Å². The van der Waals surface area contributed by atoms with Crippen LogP contribution in [0, 0.1) is 17.8 Å². The number of nitrogen functional groups attached to an aromatic ring is 1. The number of hydrogen-bond donors (Lipinski definition) is 3. The first-order valence-corrected chi connectivity index (χ1v) is 6.85. The highest BCUT2D eigenvalue weighted by Crippen LogP contribution is 2.27. The number of carbonyl (C=O) groups is 1. The molecule has 3 rings (SSSR count). The largest absolute Gasteiger partial charge is 0.368 e. The molecule has 6 nitrogen and oxygen atoms in total. The molecule has 1 aromatic heterocycles. The van der Waals surface area contributed by atoms with Gasteiger partial charge in [0.15, 0.2) is 0 Å². The molecule has 20 heavy (non-hydrogen) atoms. The van der Waals surface area contributed by atoms with Gasteiger partial charge < -0.3 is 16.4 Å². The van der Waals surface area contributed by atoms with Crippen molar-refractivity contribution in [1.82, 2.24) is 15.3 Å². The molecule has 2 aliphatic rings. The standard InChI is InChI=1S/C14H17N5O/c15-14-16-7-10(13(19-14)18-11-3-4-11)2-1-9-5-12(6-9)17-8-20/h7-9,11-12H,3-6H2,(H,17,20)(H3,15,16,18,19). The number of carbonyl (C=O) groups excluding carboxylic acids is 1. The van der Waals surface area contributed by atoms with Crippen LogP contribution in [0.1, 0.15) is 31.2 Å². The second-order valence-corrected chi connectivity index (χ2v) is 5.33. The van der Waals surface area contributed by atoms with Crippen LogP contribution in [-0.4, -0.2) is 28.5 Å². The molecule has 1 aromatic rings. The van der Waals surface area contributed by atoms with Gasteiger partial charge in [-0.15, -0.1) is 0 Å². The Morgan fingerprint density at radius 2 is 2.15 bits per heavy atom. The Kier molecular flexibility index (Phi) is 3.42. The number of hydrogen-bond acceptors (Lipinski definition) is 5. The van der Waals surface area contributed by atoms with Gasteiger partial charge in [-0.3, -0.25) is 4.79 Å². The van der Waals surface area contributed by atoms with Crippen molar-refractivity contribution in [2.45, 2.75) is 37.8 Å². The lowest BCUT2D eigenvalue weighted by Crippen LogP contribution is -2.39. The minimum absolute atomic E-state index is 0.262. The summed E-state index contributed by atoms with van der Waals surface area (Å²) in [6.45, 7) is 0. The second-order valence-electron chi connectivity index (χ2n) is 5.33. The van der Waals surface area contributed by atoms with Gasteiger partial charge in [-0.2, -0.15) is 4.98 Å². The van der Waals surface area contributed by atoms with Crippen molar-refractivity contribution >= 4 is 18.2 Å². The van der Waals surface area contributed by atoms with Crippen LogP contribution in [0.2, 0.25) is 0 Å². The van der Waals surface area contributed by atoms with Crippen LogP contribution in [0.3, 0.4) is 0 Å². The fourth-order valence-electron chi connectivity index (χ4n) is 2.17. The first-order valence-electron chi connectivity index (χ1n) is 6.85. The van der Waals surface area contributed by atoms with E-state index < -0.39 is 0 Å². The van der Waals surface area contributed by atoms with Gasteiger partial charge in [0.2, 0.25) is 12.4 Å². The number of nitrogens with one attached hydrogen (secondary N) is 2. The van der Waals surface area contributed by atoms with Crippen molar-refractivity contribution < 1.29 is 4.79 Å². The van der Waals surface area contributed by atoms with Gasteiger partial charge in [0, 0.05) is 18.0 Å². The predicted molar refractivity (Wildman–Crippen MR) is 75.7 cm³/mol. The van der Waals surface area contributed by atoms with E-state index in [4.69, 9.17) is 5.73 Å². The summed E-state index contributed by atoms with van der Waals surface area (Å²) in [5.74, 6) is 7.66. The van der Waals surface area contributed by atoms with E-state index in [1.54, 1.807) is 6.20 Å². The van der Waals surface area contributed by atoms with E-state index in [0.29, 0.717) is 12.0 Å². The molecule has 0 aliphatic heterocycles. The summed E-state index contributed by atoms with van der Waals surface area (Å²) in [5.41, 5.74) is 6.41. The van der Waals surface area contributed by atoms with E-state index in [-0.39, 0.29) is 12.0 Å². The molecule has 2 fully saturated rings. The van der Waals surface area contributed by atoms with Gasteiger partial charge in [-0.1, -0.05) is 11.8 Å². The monoisotopic (exact) mass is 271 g/mol. The van der Waals surface area contributed by atoms with E-state index >= 15 is 0 Å². The van der Waals surface area contributed by atoms with Gasteiger partial charge >= 0.3 is 0 Å². The van der Waals surface area contributed by atoms with E-state index in [2.05, 4.69) is 32.4 Å². The van der Waals surface area contributed by atoms with Crippen molar-refractivity contribution in [2.75, 3.05) is 11.1 Å². The molecule has 2 aliphatic carbocycles. The maximum Gasteiger partial charge on any atom is 0.222 e. The number of aromatic nitrogens is 2. The highest BCUT2D eigenvalue weighted by molar-refractivity contribution is 5.56. The third-order valence-electron chi connectivity index (χ3n) is 3.58.